The predicted molar refractivity (Wildman–Crippen MR) is 122 cm³/mol. The van der Waals surface area contributed by atoms with Crippen molar-refractivity contribution in [2.45, 2.75) is 71.6 Å². The summed E-state index contributed by atoms with van der Waals surface area (Å²) in [4.78, 5) is 22.7. The van der Waals surface area contributed by atoms with E-state index >= 15 is 0 Å². The van der Waals surface area contributed by atoms with E-state index in [-0.39, 0.29) is 0 Å². The monoisotopic (exact) mass is 412 g/mol. The van der Waals surface area contributed by atoms with Gasteiger partial charge in [-0.1, -0.05) is 89.1 Å². The summed E-state index contributed by atoms with van der Waals surface area (Å²) in [6.45, 7) is 5.45. The van der Waals surface area contributed by atoms with E-state index in [2.05, 4.69) is 13.8 Å². The lowest BCUT2D eigenvalue weighted by Crippen LogP contribution is -2.09. The van der Waals surface area contributed by atoms with Gasteiger partial charge in [0.05, 0.1) is 18.8 Å². The van der Waals surface area contributed by atoms with Gasteiger partial charge in [-0.05, 0) is 42.2 Å². The van der Waals surface area contributed by atoms with Crippen molar-refractivity contribution in [3.63, 3.8) is 0 Å². The average molecular weight is 413 g/mol. The van der Waals surface area contributed by atoms with E-state index in [1.54, 1.807) is 6.07 Å². The van der Waals surface area contributed by atoms with E-state index in [1.165, 1.54) is 32.1 Å². The Bertz CT molecular complexity index is 727. The van der Waals surface area contributed by atoms with Crippen LogP contribution in [0, 0.1) is 0 Å². The van der Waals surface area contributed by atoms with Crippen LogP contribution in [0.25, 0.3) is 11.1 Å². The summed E-state index contributed by atoms with van der Waals surface area (Å²) < 4.78 is 5.95. The SMILES string of the molecule is CCCCCCCCOc1ccc(C(=O)OOCCCCC)c(-c2ccccc2)c1. The summed E-state index contributed by atoms with van der Waals surface area (Å²) in [5, 5.41) is 0. The van der Waals surface area contributed by atoms with Crippen molar-refractivity contribution < 1.29 is 19.3 Å². The van der Waals surface area contributed by atoms with Crippen LogP contribution >= 0.6 is 0 Å². The highest BCUT2D eigenvalue weighted by Gasteiger charge is 2.16. The molecule has 0 aliphatic rings. The smallest absolute Gasteiger partial charge is 0.373 e. The van der Waals surface area contributed by atoms with Crippen molar-refractivity contribution in [3.05, 3.63) is 54.1 Å². The molecule has 0 aromatic heterocycles. The molecule has 0 radical (unpaired) electrons. The predicted octanol–water partition coefficient (Wildman–Crippen LogP) is 7.37. The van der Waals surface area contributed by atoms with Crippen LogP contribution in [-0.2, 0) is 9.78 Å². The van der Waals surface area contributed by atoms with Gasteiger partial charge in [0.2, 0.25) is 0 Å². The highest BCUT2D eigenvalue weighted by molar-refractivity contribution is 5.97. The Balaban J connectivity index is 1.99. The van der Waals surface area contributed by atoms with Crippen LogP contribution in [0.15, 0.2) is 48.5 Å². The fourth-order valence-corrected chi connectivity index (χ4v) is 3.27. The zero-order valence-electron chi connectivity index (χ0n) is 18.5. The Kier molecular flexibility index (Phi) is 11.7. The molecular weight excluding hydrogens is 376 g/mol. The Hall–Kier alpha value is -2.33. The van der Waals surface area contributed by atoms with Crippen LogP contribution in [0.1, 0.15) is 82.0 Å². The number of carbonyl (C=O) groups excluding carboxylic acids is 1. The number of hydrogen-bond acceptors (Lipinski definition) is 4. The maximum absolute atomic E-state index is 12.6. The third-order valence-electron chi connectivity index (χ3n) is 5.03. The fraction of sp³-hybridized carbons (Fsp3) is 0.500. The van der Waals surface area contributed by atoms with Crippen molar-refractivity contribution in [2.75, 3.05) is 13.2 Å². The first kappa shape index (κ1) is 23.9. The molecule has 0 fully saturated rings. The van der Waals surface area contributed by atoms with Gasteiger partial charge in [-0.3, -0.25) is 4.89 Å². The van der Waals surface area contributed by atoms with Crippen LogP contribution in [0.2, 0.25) is 0 Å². The minimum Gasteiger partial charge on any atom is -0.494 e. The number of rotatable bonds is 15. The summed E-state index contributed by atoms with van der Waals surface area (Å²) in [7, 11) is 0. The third kappa shape index (κ3) is 8.58. The number of carbonyl (C=O) groups is 1. The number of unbranched alkanes of at least 4 members (excludes halogenated alkanes) is 7. The molecule has 0 saturated carbocycles. The molecule has 4 nitrogen and oxygen atoms in total. The van der Waals surface area contributed by atoms with Crippen LogP contribution in [-0.4, -0.2) is 19.2 Å². The number of benzene rings is 2. The molecule has 0 atom stereocenters. The summed E-state index contributed by atoms with van der Waals surface area (Å²) >= 11 is 0. The largest absolute Gasteiger partial charge is 0.494 e. The normalized spacial score (nSPS) is 10.7. The number of ether oxygens (including phenoxy) is 1. The fourth-order valence-electron chi connectivity index (χ4n) is 3.27. The van der Waals surface area contributed by atoms with Crippen molar-refractivity contribution in [1.29, 1.82) is 0 Å². The first-order chi connectivity index (χ1) is 14.8. The molecule has 0 N–H and O–H groups in total. The maximum Gasteiger partial charge on any atom is 0.373 e. The molecule has 0 spiro atoms. The molecule has 30 heavy (non-hydrogen) atoms. The molecule has 2 aromatic rings. The van der Waals surface area contributed by atoms with Gasteiger partial charge in [0.1, 0.15) is 5.75 Å². The first-order valence-electron chi connectivity index (χ1n) is 11.4. The lowest BCUT2D eigenvalue weighted by atomic mass is 9.99. The van der Waals surface area contributed by atoms with Crippen LogP contribution < -0.4 is 4.74 Å². The highest BCUT2D eigenvalue weighted by atomic mass is 17.2. The second kappa shape index (κ2) is 14.6. The molecular formula is C26H36O4. The Morgan fingerprint density at radius 2 is 1.43 bits per heavy atom. The molecule has 4 heteroatoms. The van der Waals surface area contributed by atoms with Gasteiger partial charge in [0.15, 0.2) is 0 Å². The lowest BCUT2D eigenvalue weighted by molar-refractivity contribution is -0.241. The van der Waals surface area contributed by atoms with Gasteiger partial charge in [-0.15, -0.1) is 0 Å². The second-order valence-electron chi connectivity index (χ2n) is 7.59. The average Bonchev–Trinajstić information content (AvgIpc) is 2.78. The van der Waals surface area contributed by atoms with E-state index < -0.39 is 5.97 Å². The molecule has 2 rings (SSSR count). The van der Waals surface area contributed by atoms with E-state index in [0.29, 0.717) is 18.8 Å². The van der Waals surface area contributed by atoms with Gasteiger partial charge in [-0.2, -0.15) is 4.89 Å². The van der Waals surface area contributed by atoms with E-state index in [1.807, 2.05) is 42.5 Å². The zero-order chi connectivity index (χ0) is 21.4. The summed E-state index contributed by atoms with van der Waals surface area (Å²) in [5.74, 6) is 0.288. The van der Waals surface area contributed by atoms with Gasteiger partial charge >= 0.3 is 5.97 Å². The van der Waals surface area contributed by atoms with E-state index in [4.69, 9.17) is 14.5 Å². The first-order valence-corrected chi connectivity index (χ1v) is 11.4. The Labute approximate surface area is 181 Å². The minimum atomic E-state index is -0.479. The Morgan fingerprint density at radius 1 is 0.767 bits per heavy atom. The van der Waals surface area contributed by atoms with E-state index in [0.717, 1.165) is 42.6 Å². The maximum atomic E-state index is 12.6. The van der Waals surface area contributed by atoms with Gasteiger partial charge < -0.3 is 4.74 Å². The van der Waals surface area contributed by atoms with Gasteiger partial charge in [0.25, 0.3) is 0 Å². The van der Waals surface area contributed by atoms with Crippen molar-refractivity contribution in [2.24, 2.45) is 0 Å². The quantitative estimate of drug-likeness (QED) is 0.174. The molecule has 0 saturated heterocycles. The van der Waals surface area contributed by atoms with Crippen LogP contribution in [0.4, 0.5) is 0 Å². The third-order valence-corrected chi connectivity index (χ3v) is 5.03. The summed E-state index contributed by atoms with van der Waals surface area (Å²) in [5.41, 5.74) is 2.21. The van der Waals surface area contributed by atoms with Crippen molar-refractivity contribution in [1.82, 2.24) is 0 Å². The zero-order valence-corrected chi connectivity index (χ0v) is 18.5. The van der Waals surface area contributed by atoms with Gasteiger partial charge in [0, 0.05) is 0 Å². The molecule has 0 amide bonds. The molecule has 0 unspecified atom stereocenters. The summed E-state index contributed by atoms with van der Waals surface area (Å²) in [6.07, 6.45) is 10.4. The second-order valence-corrected chi connectivity index (χ2v) is 7.59. The molecule has 0 aliphatic carbocycles. The molecule has 0 bridgehead atoms. The van der Waals surface area contributed by atoms with Crippen LogP contribution in [0.3, 0.4) is 0 Å². The van der Waals surface area contributed by atoms with Crippen LogP contribution in [0.5, 0.6) is 5.75 Å². The minimum absolute atomic E-state index is 0.416. The summed E-state index contributed by atoms with van der Waals surface area (Å²) in [6, 6.07) is 15.3. The molecule has 2 aromatic carbocycles. The number of hydrogen-bond donors (Lipinski definition) is 0. The van der Waals surface area contributed by atoms with Crippen molar-refractivity contribution in [3.8, 4) is 16.9 Å². The molecule has 0 heterocycles. The lowest BCUT2D eigenvalue weighted by Gasteiger charge is -2.12. The standard InChI is InChI=1S/C26H36O4/c1-3-5-7-8-9-14-19-28-23-17-18-24(26(27)30-29-20-13-6-4-2)25(21-23)22-15-11-10-12-16-22/h10-12,15-18,21H,3-9,13-14,19-20H2,1-2H3. The highest BCUT2D eigenvalue weighted by Crippen LogP contribution is 2.29. The molecule has 0 aliphatic heterocycles. The van der Waals surface area contributed by atoms with Crippen molar-refractivity contribution >= 4 is 5.97 Å². The van der Waals surface area contributed by atoms with E-state index in [9.17, 15) is 4.79 Å². The topological polar surface area (TPSA) is 44.8 Å². The molecule has 164 valence electrons. The van der Waals surface area contributed by atoms with Gasteiger partial charge in [-0.25, -0.2) is 4.79 Å². The Morgan fingerprint density at radius 3 is 2.20 bits per heavy atom.